The number of alkyl halides is 3. The first-order chi connectivity index (χ1) is 10.9. The Balaban J connectivity index is 1.62. The number of anilines is 1. The van der Waals surface area contributed by atoms with Crippen molar-refractivity contribution in [3.63, 3.8) is 0 Å². The second-order valence-corrected chi connectivity index (χ2v) is 5.03. The second-order valence-electron chi connectivity index (χ2n) is 5.03. The average Bonchev–Trinajstić information content (AvgIpc) is 2.96. The van der Waals surface area contributed by atoms with Crippen LogP contribution >= 0.6 is 0 Å². The Morgan fingerprint density at radius 2 is 2.22 bits per heavy atom. The van der Waals surface area contributed by atoms with Gasteiger partial charge in [-0.05, 0) is 24.3 Å². The first kappa shape index (κ1) is 15.1. The Bertz CT molecular complexity index is 692. The fraction of sp³-hybridized carbons (Fsp3) is 0.200. The van der Waals surface area contributed by atoms with E-state index in [4.69, 9.17) is 0 Å². The van der Waals surface area contributed by atoms with Crippen molar-refractivity contribution in [3.05, 3.63) is 60.2 Å². The maximum Gasteiger partial charge on any atom is 0.417 e. The molecule has 0 fully saturated rings. The van der Waals surface area contributed by atoms with E-state index in [0.29, 0.717) is 6.20 Å². The lowest BCUT2D eigenvalue weighted by Crippen LogP contribution is -2.35. The predicted molar refractivity (Wildman–Crippen MR) is 77.6 cm³/mol. The third-order valence-corrected chi connectivity index (χ3v) is 3.42. The van der Waals surface area contributed by atoms with Crippen LogP contribution < -0.4 is 10.6 Å². The molecule has 0 aromatic carbocycles. The van der Waals surface area contributed by atoms with Crippen LogP contribution in [0.2, 0.25) is 0 Å². The number of hydrogen-bond donors (Lipinski definition) is 2. The van der Waals surface area contributed by atoms with Gasteiger partial charge < -0.3 is 15.5 Å². The number of carbonyl (C=O) groups excluding carboxylic acids is 1. The summed E-state index contributed by atoms with van der Waals surface area (Å²) < 4.78 is 37.4. The summed E-state index contributed by atoms with van der Waals surface area (Å²) in [6.07, 6.45) is 5.54. The summed E-state index contributed by atoms with van der Waals surface area (Å²) >= 11 is 0. The molecule has 0 saturated carbocycles. The minimum absolute atomic E-state index is 0.00741. The smallest absolute Gasteiger partial charge is 0.366 e. The summed E-state index contributed by atoms with van der Waals surface area (Å²) in [6, 6.07) is 2.02. The maximum absolute atomic E-state index is 12.5. The van der Waals surface area contributed by atoms with Crippen LogP contribution in [-0.2, 0) is 11.0 Å². The van der Waals surface area contributed by atoms with Gasteiger partial charge in [-0.1, -0.05) is 6.08 Å². The standard InChI is InChI=1S/C15H13F3N4O/c16-15(17,18)10-4-5-12(20-9-10)21-14(23)8-11-2-1-3-13-19-6-7-22(11)13/h1-7,9,13,19H,8H2,(H,20,21,23). The zero-order valence-electron chi connectivity index (χ0n) is 11.8. The molecule has 3 rings (SSSR count). The van der Waals surface area contributed by atoms with E-state index in [0.717, 1.165) is 17.8 Å². The van der Waals surface area contributed by atoms with Crippen molar-refractivity contribution >= 4 is 11.7 Å². The van der Waals surface area contributed by atoms with E-state index in [9.17, 15) is 18.0 Å². The number of aromatic nitrogens is 1. The van der Waals surface area contributed by atoms with E-state index in [1.165, 1.54) is 0 Å². The second kappa shape index (κ2) is 5.79. The highest BCUT2D eigenvalue weighted by Gasteiger charge is 2.30. The van der Waals surface area contributed by atoms with Gasteiger partial charge in [0.2, 0.25) is 5.91 Å². The maximum atomic E-state index is 12.5. The summed E-state index contributed by atoms with van der Waals surface area (Å²) in [6.45, 7) is 0. The number of carbonyl (C=O) groups is 1. The van der Waals surface area contributed by atoms with Crippen molar-refractivity contribution in [2.75, 3.05) is 5.32 Å². The molecule has 0 bridgehead atoms. The molecule has 1 atom stereocenters. The van der Waals surface area contributed by atoms with E-state index >= 15 is 0 Å². The third-order valence-electron chi connectivity index (χ3n) is 3.42. The molecule has 0 saturated heterocycles. The van der Waals surface area contributed by atoms with E-state index in [1.807, 2.05) is 29.3 Å². The van der Waals surface area contributed by atoms with Gasteiger partial charge in [-0.25, -0.2) is 4.98 Å². The number of hydrogen-bond acceptors (Lipinski definition) is 4. The first-order valence-corrected chi connectivity index (χ1v) is 6.85. The van der Waals surface area contributed by atoms with Crippen LogP contribution in [0.15, 0.2) is 54.7 Å². The molecular formula is C15H13F3N4O. The lowest BCUT2D eigenvalue weighted by Gasteiger charge is -2.27. The molecule has 1 aromatic heterocycles. The van der Waals surface area contributed by atoms with E-state index in [2.05, 4.69) is 15.6 Å². The van der Waals surface area contributed by atoms with Crippen LogP contribution in [0.3, 0.4) is 0 Å². The predicted octanol–water partition coefficient (Wildman–Crippen LogP) is 2.59. The molecule has 1 unspecified atom stereocenters. The molecule has 0 spiro atoms. The van der Waals surface area contributed by atoms with Crippen LogP contribution in [0.5, 0.6) is 0 Å². The van der Waals surface area contributed by atoms with Crippen LogP contribution in [-0.4, -0.2) is 22.0 Å². The van der Waals surface area contributed by atoms with Crippen molar-refractivity contribution in [2.45, 2.75) is 18.8 Å². The zero-order chi connectivity index (χ0) is 16.4. The summed E-state index contributed by atoms with van der Waals surface area (Å²) in [5, 5.41) is 5.59. The van der Waals surface area contributed by atoms with Crippen molar-refractivity contribution in [1.82, 2.24) is 15.2 Å². The van der Waals surface area contributed by atoms with Gasteiger partial charge in [-0.3, -0.25) is 4.79 Å². The van der Waals surface area contributed by atoms with Gasteiger partial charge in [0.05, 0.1) is 12.0 Å². The van der Waals surface area contributed by atoms with Crippen LogP contribution in [0.25, 0.3) is 0 Å². The fourth-order valence-corrected chi connectivity index (χ4v) is 2.31. The molecular weight excluding hydrogens is 309 g/mol. The van der Waals surface area contributed by atoms with E-state index in [-0.39, 0.29) is 24.3 Å². The zero-order valence-corrected chi connectivity index (χ0v) is 11.8. The lowest BCUT2D eigenvalue weighted by molar-refractivity contribution is -0.137. The van der Waals surface area contributed by atoms with Crippen molar-refractivity contribution < 1.29 is 18.0 Å². The number of nitrogens with zero attached hydrogens (tertiary/aromatic N) is 2. The van der Waals surface area contributed by atoms with Gasteiger partial charge in [0, 0.05) is 24.3 Å². The van der Waals surface area contributed by atoms with Gasteiger partial charge in [-0.15, -0.1) is 0 Å². The average molecular weight is 322 g/mol. The largest absolute Gasteiger partial charge is 0.417 e. The Morgan fingerprint density at radius 1 is 1.39 bits per heavy atom. The lowest BCUT2D eigenvalue weighted by atomic mass is 10.1. The molecule has 23 heavy (non-hydrogen) atoms. The first-order valence-electron chi connectivity index (χ1n) is 6.85. The SMILES string of the molecule is O=C(CC1=CC=CC2NC=CN12)Nc1ccc(C(F)(F)F)cn1. The molecule has 0 aliphatic carbocycles. The van der Waals surface area contributed by atoms with Crippen molar-refractivity contribution in [1.29, 1.82) is 0 Å². The summed E-state index contributed by atoms with van der Waals surface area (Å²) in [5.41, 5.74) is -0.0742. The summed E-state index contributed by atoms with van der Waals surface area (Å²) in [7, 11) is 0. The Kier molecular flexibility index (Phi) is 3.81. The van der Waals surface area contributed by atoms with Crippen LogP contribution in [0.4, 0.5) is 19.0 Å². The van der Waals surface area contributed by atoms with Gasteiger partial charge in [-0.2, -0.15) is 13.2 Å². The Hall–Kier alpha value is -2.77. The quantitative estimate of drug-likeness (QED) is 0.898. The normalized spacial score (nSPS) is 19.2. The fourth-order valence-electron chi connectivity index (χ4n) is 2.31. The van der Waals surface area contributed by atoms with Crippen LogP contribution in [0, 0.1) is 0 Å². The number of pyridine rings is 1. The van der Waals surface area contributed by atoms with E-state index < -0.39 is 11.7 Å². The van der Waals surface area contributed by atoms with Crippen molar-refractivity contribution in [3.8, 4) is 0 Å². The van der Waals surface area contributed by atoms with Crippen LogP contribution in [0.1, 0.15) is 12.0 Å². The number of amides is 1. The molecule has 1 aromatic rings. The molecule has 2 aliphatic heterocycles. The molecule has 1 amide bonds. The molecule has 0 radical (unpaired) electrons. The summed E-state index contributed by atoms with van der Waals surface area (Å²) in [4.78, 5) is 17.6. The number of rotatable bonds is 3. The topological polar surface area (TPSA) is 57.3 Å². The van der Waals surface area contributed by atoms with E-state index in [1.54, 1.807) is 6.20 Å². The molecule has 2 aliphatic rings. The molecule has 8 heteroatoms. The summed E-state index contributed by atoms with van der Waals surface area (Å²) in [5.74, 6) is -0.264. The van der Waals surface area contributed by atoms with Gasteiger partial charge in [0.15, 0.2) is 0 Å². The van der Waals surface area contributed by atoms with Gasteiger partial charge in [0.25, 0.3) is 0 Å². The highest BCUT2D eigenvalue weighted by atomic mass is 19.4. The number of nitrogens with one attached hydrogen (secondary N) is 2. The molecule has 2 N–H and O–H groups in total. The third kappa shape index (κ3) is 3.36. The van der Waals surface area contributed by atoms with Gasteiger partial charge >= 0.3 is 6.18 Å². The van der Waals surface area contributed by atoms with Crippen molar-refractivity contribution in [2.24, 2.45) is 0 Å². The number of halogens is 3. The molecule has 3 heterocycles. The highest BCUT2D eigenvalue weighted by molar-refractivity contribution is 5.91. The minimum Gasteiger partial charge on any atom is -0.366 e. The van der Waals surface area contributed by atoms with Gasteiger partial charge in [0.1, 0.15) is 12.0 Å². The molecule has 120 valence electrons. The Morgan fingerprint density at radius 3 is 2.91 bits per heavy atom. The minimum atomic E-state index is -4.45. The Labute approximate surface area is 130 Å². The molecule has 5 nitrogen and oxygen atoms in total. The number of fused-ring (bicyclic) bond motifs is 1. The number of allylic oxidation sites excluding steroid dienone is 2. The monoisotopic (exact) mass is 322 g/mol. The highest BCUT2D eigenvalue weighted by Crippen LogP contribution is 2.29.